The van der Waals surface area contributed by atoms with Crippen LogP contribution in [0.1, 0.15) is 18.9 Å². The number of rotatable bonds is 6. The van der Waals surface area contributed by atoms with Gasteiger partial charge in [-0.15, -0.1) is 0 Å². The zero-order chi connectivity index (χ0) is 15.1. The van der Waals surface area contributed by atoms with Gasteiger partial charge in [0, 0.05) is 25.7 Å². The SMILES string of the molecule is CCc1ccc(N(C)C(=O)NCC[C@H](O)C(=O)O)cc1. The Hall–Kier alpha value is -2.08. The molecule has 3 N–H and O–H groups in total. The maximum Gasteiger partial charge on any atom is 0.332 e. The number of carbonyl (C=O) groups is 2. The highest BCUT2D eigenvalue weighted by atomic mass is 16.4. The van der Waals surface area contributed by atoms with Crippen molar-refractivity contribution in [2.24, 2.45) is 0 Å². The summed E-state index contributed by atoms with van der Waals surface area (Å²) in [6, 6.07) is 7.27. The number of anilines is 1. The van der Waals surface area contributed by atoms with Gasteiger partial charge in [0.05, 0.1) is 0 Å². The smallest absolute Gasteiger partial charge is 0.332 e. The van der Waals surface area contributed by atoms with Gasteiger partial charge in [0.2, 0.25) is 0 Å². The van der Waals surface area contributed by atoms with Gasteiger partial charge in [-0.25, -0.2) is 9.59 Å². The lowest BCUT2D eigenvalue weighted by Gasteiger charge is -2.18. The van der Waals surface area contributed by atoms with Crippen LogP contribution in [0.2, 0.25) is 0 Å². The first-order chi connectivity index (χ1) is 9.45. The Morgan fingerprint density at radius 1 is 1.30 bits per heavy atom. The van der Waals surface area contributed by atoms with Crippen LogP contribution < -0.4 is 10.2 Å². The molecule has 1 aromatic rings. The highest BCUT2D eigenvalue weighted by Crippen LogP contribution is 2.14. The molecule has 1 rings (SSSR count). The number of aliphatic hydroxyl groups excluding tert-OH is 1. The number of urea groups is 1. The molecule has 2 amide bonds. The standard InChI is InChI=1S/C14H20N2O4/c1-3-10-4-6-11(7-5-10)16(2)14(20)15-9-8-12(17)13(18)19/h4-7,12,17H,3,8-9H2,1-2H3,(H,15,20)(H,18,19)/t12-/m0/s1. The number of carboxylic acids is 1. The van der Waals surface area contributed by atoms with Crippen molar-refractivity contribution in [1.29, 1.82) is 0 Å². The van der Waals surface area contributed by atoms with Crippen molar-refractivity contribution in [3.8, 4) is 0 Å². The number of nitrogens with zero attached hydrogens (tertiary/aromatic N) is 1. The van der Waals surface area contributed by atoms with E-state index < -0.39 is 12.1 Å². The van der Waals surface area contributed by atoms with E-state index >= 15 is 0 Å². The Morgan fingerprint density at radius 3 is 2.40 bits per heavy atom. The van der Waals surface area contributed by atoms with Crippen LogP contribution in [-0.4, -0.2) is 41.9 Å². The van der Waals surface area contributed by atoms with Crippen LogP contribution in [0.5, 0.6) is 0 Å². The molecule has 0 radical (unpaired) electrons. The van der Waals surface area contributed by atoms with E-state index in [0.29, 0.717) is 0 Å². The highest BCUT2D eigenvalue weighted by molar-refractivity contribution is 5.91. The lowest BCUT2D eigenvalue weighted by Crippen LogP contribution is -2.39. The van der Waals surface area contributed by atoms with Crippen LogP contribution in [0, 0.1) is 0 Å². The Kier molecular flexibility index (Phi) is 5.99. The van der Waals surface area contributed by atoms with Gasteiger partial charge in [-0.3, -0.25) is 4.90 Å². The minimum Gasteiger partial charge on any atom is -0.479 e. The minimum absolute atomic E-state index is 0.0241. The quantitative estimate of drug-likeness (QED) is 0.731. The summed E-state index contributed by atoms with van der Waals surface area (Å²) in [5, 5.41) is 20.2. The maximum absolute atomic E-state index is 11.8. The number of aryl methyl sites for hydroxylation is 1. The van der Waals surface area contributed by atoms with E-state index in [-0.39, 0.29) is 19.0 Å². The average molecular weight is 280 g/mol. The Balaban J connectivity index is 2.47. The van der Waals surface area contributed by atoms with Gasteiger partial charge in [-0.05, 0) is 24.1 Å². The second-order valence-electron chi connectivity index (χ2n) is 4.45. The fraction of sp³-hybridized carbons (Fsp3) is 0.429. The third-order valence-corrected chi connectivity index (χ3v) is 3.02. The van der Waals surface area contributed by atoms with Gasteiger partial charge in [0.15, 0.2) is 6.10 Å². The minimum atomic E-state index is -1.45. The van der Waals surface area contributed by atoms with Crippen LogP contribution in [0.4, 0.5) is 10.5 Å². The van der Waals surface area contributed by atoms with E-state index in [4.69, 9.17) is 10.2 Å². The van der Waals surface area contributed by atoms with Crippen molar-refractivity contribution in [3.05, 3.63) is 29.8 Å². The molecule has 0 aromatic heterocycles. The largest absolute Gasteiger partial charge is 0.479 e. The molecule has 6 heteroatoms. The second kappa shape index (κ2) is 7.49. The number of amides is 2. The fourth-order valence-electron chi connectivity index (χ4n) is 1.63. The van der Waals surface area contributed by atoms with E-state index in [1.807, 2.05) is 24.3 Å². The Morgan fingerprint density at radius 2 is 1.90 bits per heavy atom. The summed E-state index contributed by atoms with van der Waals surface area (Å²) in [5.41, 5.74) is 1.94. The molecular formula is C14H20N2O4. The van der Waals surface area contributed by atoms with Crippen LogP contribution in [0.15, 0.2) is 24.3 Å². The van der Waals surface area contributed by atoms with Gasteiger partial charge in [-0.2, -0.15) is 0 Å². The van der Waals surface area contributed by atoms with E-state index in [2.05, 4.69) is 12.2 Å². The number of aliphatic carboxylic acids is 1. The highest BCUT2D eigenvalue weighted by Gasteiger charge is 2.14. The molecule has 0 saturated heterocycles. The number of hydrogen-bond acceptors (Lipinski definition) is 3. The number of benzene rings is 1. The van der Waals surface area contributed by atoms with Crippen molar-refractivity contribution < 1.29 is 19.8 Å². The van der Waals surface area contributed by atoms with Crippen molar-refractivity contribution in [3.63, 3.8) is 0 Å². The molecule has 110 valence electrons. The molecule has 0 saturated carbocycles. The lowest BCUT2D eigenvalue weighted by atomic mass is 10.1. The average Bonchev–Trinajstić information content (AvgIpc) is 2.46. The zero-order valence-electron chi connectivity index (χ0n) is 11.7. The Bertz CT molecular complexity index is 459. The molecule has 0 aliphatic rings. The van der Waals surface area contributed by atoms with E-state index in [0.717, 1.165) is 12.1 Å². The van der Waals surface area contributed by atoms with Gasteiger partial charge < -0.3 is 15.5 Å². The summed E-state index contributed by atoms with van der Waals surface area (Å²) >= 11 is 0. The fourth-order valence-corrected chi connectivity index (χ4v) is 1.63. The molecule has 0 bridgehead atoms. The predicted octanol–water partition coefficient (Wildman–Crippen LogP) is 1.23. The molecule has 0 fully saturated rings. The van der Waals surface area contributed by atoms with Gasteiger partial charge in [0.25, 0.3) is 0 Å². The predicted molar refractivity (Wildman–Crippen MR) is 75.9 cm³/mol. The lowest BCUT2D eigenvalue weighted by molar-refractivity contribution is -0.146. The van der Waals surface area contributed by atoms with Crippen LogP contribution in [0.25, 0.3) is 0 Å². The molecule has 0 spiro atoms. The van der Waals surface area contributed by atoms with Gasteiger partial charge in [0.1, 0.15) is 0 Å². The summed E-state index contributed by atoms with van der Waals surface area (Å²) in [4.78, 5) is 23.7. The molecular weight excluding hydrogens is 260 g/mol. The molecule has 1 aromatic carbocycles. The Labute approximate surface area is 118 Å². The molecule has 20 heavy (non-hydrogen) atoms. The van der Waals surface area contributed by atoms with Crippen molar-refractivity contribution in [1.82, 2.24) is 5.32 Å². The topological polar surface area (TPSA) is 89.9 Å². The summed E-state index contributed by atoms with van der Waals surface area (Å²) in [6.07, 6.45) is -0.545. The van der Waals surface area contributed by atoms with Crippen molar-refractivity contribution >= 4 is 17.7 Å². The number of nitrogens with one attached hydrogen (secondary N) is 1. The molecule has 6 nitrogen and oxygen atoms in total. The van der Waals surface area contributed by atoms with Gasteiger partial charge in [-0.1, -0.05) is 19.1 Å². The van der Waals surface area contributed by atoms with Crippen molar-refractivity contribution in [2.45, 2.75) is 25.9 Å². The normalized spacial score (nSPS) is 11.8. The molecule has 0 heterocycles. The summed E-state index contributed by atoms with van der Waals surface area (Å²) < 4.78 is 0. The third kappa shape index (κ3) is 4.55. The first-order valence-electron chi connectivity index (χ1n) is 6.47. The molecule has 1 atom stereocenters. The van der Waals surface area contributed by atoms with E-state index in [1.165, 1.54) is 10.5 Å². The number of carboxylic acid groups (broad SMARTS) is 1. The first kappa shape index (κ1) is 16.0. The summed E-state index contributed by atoms with van der Waals surface area (Å²) in [5.74, 6) is -1.29. The number of carbonyl (C=O) groups excluding carboxylic acids is 1. The van der Waals surface area contributed by atoms with Crippen LogP contribution in [-0.2, 0) is 11.2 Å². The first-order valence-corrected chi connectivity index (χ1v) is 6.47. The second-order valence-corrected chi connectivity index (χ2v) is 4.45. The van der Waals surface area contributed by atoms with Crippen LogP contribution >= 0.6 is 0 Å². The molecule has 0 aliphatic heterocycles. The molecule has 0 unspecified atom stereocenters. The van der Waals surface area contributed by atoms with Crippen molar-refractivity contribution in [2.75, 3.05) is 18.5 Å². The van der Waals surface area contributed by atoms with Gasteiger partial charge >= 0.3 is 12.0 Å². The molecule has 0 aliphatic carbocycles. The summed E-state index contributed by atoms with van der Waals surface area (Å²) in [7, 11) is 1.63. The monoisotopic (exact) mass is 280 g/mol. The van der Waals surface area contributed by atoms with E-state index in [1.54, 1.807) is 7.05 Å². The van der Waals surface area contributed by atoms with Crippen LogP contribution in [0.3, 0.4) is 0 Å². The van der Waals surface area contributed by atoms with E-state index in [9.17, 15) is 9.59 Å². The summed E-state index contributed by atoms with van der Waals surface area (Å²) in [6.45, 7) is 2.16. The zero-order valence-corrected chi connectivity index (χ0v) is 11.7. The third-order valence-electron chi connectivity index (χ3n) is 3.02. The number of aliphatic hydroxyl groups is 1. The maximum atomic E-state index is 11.8. The number of hydrogen-bond donors (Lipinski definition) is 3.